The fourth-order valence-corrected chi connectivity index (χ4v) is 1.82. The van der Waals surface area contributed by atoms with E-state index in [2.05, 4.69) is 20.5 Å². The van der Waals surface area contributed by atoms with Crippen LogP contribution in [-0.4, -0.2) is 25.2 Å². The fraction of sp³-hybridized carbons (Fsp3) is 0.0909. The molecule has 84 valence electrons. The third kappa shape index (κ3) is 1.42. The van der Waals surface area contributed by atoms with Crippen LogP contribution in [0.25, 0.3) is 22.2 Å². The van der Waals surface area contributed by atoms with Crippen molar-refractivity contribution in [1.29, 1.82) is 0 Å². The average Bonchev–Trinajstić information content (AvgIpc) is 2.77. The highest BCUT2D eigenvalue weighted by atomic mass is 15.4. The lowest BCUT2D eigenvalue weighted by molar-refractivity contribution is 0.718. The second-order valence-corrected chi connectivity index (χ2v) is 3.72. The number of anilines is 1. The largest absolute Gasteiger partial charge is 0.382 e. The maximum Gasteiger partial charge on any atom is 0.154 e. The number of nitrogens with two attached hydrogens (primary N) is 1. The molecule has 0 aliphatic rings. The first-order chi connectivity index (χ1) is 8.27. The van der Waals surface area contributed by atoms with E-state index >= 15 is 0 Å². The highest BCUT2D eigenvalue weighted by Gasteiger charge is 2.12. The molecule has 3 aromatic rings. The molecule has 0 aliphatic carbocycles. The van der Waals surface area contributed by atoms with Crippen LogP contribution in [0.3, 0.4) is 0 Å². The molecular weight excluding hydrogens is 216 g/mol. The third-order valence-electron chi connectivity index (χ3n) is 2.67. The molecule has 2 heterocycles. The molecule has 2 N–H and O–H groups in total. The van der Waals surface area contributed by atoms with Crippen molar-refractivity contribution < 1.29 is 0 Å². The summed E-state index contributed by atoms with van der Waals surface area (Å²) < 4.78 is 1.66. The maximum atomic E-state index is 5.80. The van der Waals surface area contributed by atoms with Gasteiger partial charge in [0.25, 0.3) is 0 Å². The summed E-state index contributed by atoms with van der Waals surface area (Å²) in [5.41, 5.74) is 7.36. The molecule has 1 aromatic carbocycles. The molecule has 0 amide bonds. The van der Waals surface area contributed by atoms with Gasteiger partial charge in [-0.2, -0.15) is 0 Å². The Kier molecular flexibility index (Phi) is 2.01. The number of benzene rings is 1. The van der Waals surface area contributed by atoms with Crippen LogP contribution in [0.4, 0.5) is 5.82 Å². The molecule has 0 saturated heterocycles. The summed E-state index contributed by atoms with van der Waals surface area (Å²) in [6, 6.07) is 7.75. The smallest absolute Gasteiger partial charge is 0.154 e. The molecular formula is C11H10N6. The van der Waals surface area contributed by atoms with Gasteiger partial charge in [-0.3, -0.25) is 0 Å². The van der Waals surface area contributed by atoms with E-state index in [-0.39, 0.29) is 0 Å². The van der Waals surface area contributed by atoms with E-state index in [1.165, 1.54) is 0 Å². The van der Waals surface area contributed by atoms with Crippen LogP contribution >= 0.6 is 0 Å². The van der Waals surface area contributed by atoms with Crippen LogP contribution < -0.4 is 5.73 Å². The van der Waals surface area contributed by atoms with Gasteiger partial charge in [0, 0.05) is 17.8 Å². The topological polar surface area (TPSA) is 82.5 Å². The van der Waals surface area contributed by atoms with Crippen molar-refractivity contribution in [1.82, 2.24) is 25.2 Å². The van der Waals surface area contributed by atoms with Gasteiger partial charge in [0.2, 0.25) is 0 Å². The van der Waals surface area contributed by atoms with Gasteiger partial charge in [-0.05, 0) is 0 Å². The number of fused-ring (bicyclic) bond motifs is 1. The van der Waals surface area contributed by atoms with Gasteiger partial charge in [0.15, 0.2) is 5.82 Å². The zero-order valence-corrected chi connectivity index (χ0v) is 9.20. The van der Waals surface area contributed by atoms with Crippen LogP contribution in [0.2, 0.25) is 0 Å². The van der Waals surface area contributed by atoms with Gasteiger partial charge in [0.1, 0.15) is 11.4 Å². The quantitative estimate of drug-likeness (QED) is 0.669. The van der Waals surface area contributed by atoms with E-state index < -0.39 is 0 Å². The molecule has 0 atom stereocenters. The minimum absolute atomic E-state index is 0.430. The number of nitrogens with zero attached hydrogens (tertiary/aromatic N) is 5. The van der Waals surface area contributed by atoms with Gasteiger partial charge in [-0.1, -0.05) is 29.5 Å². The number of aromatic nitrogens is 5. The van der Waals surface area contributed by atoms with Gasteiger partial charge < -0.3 is 5.73 Å². The maximum absolute atomic E-state index is 5.80. The highest BCUT2D eigenvalue weighted by molar-refractivity contribution is 5.98. The Hall–Kier alpha value is -2.50. The van der Waals surface area contributed by atoms with Crippen molar-refractivity contribution in [2.24, 2.45) is 7.05 Å². The summed E-state index contributed by atoms with van der Waals surface area (Å²) in [6.45, 7) is 0. The molecule has 0 aliphatic heterocycles. The van der Waals surface area contributed by atoms with Crippen molar-refractivity contribution in [2.75, 3.05) is 5.73 Å². The Labute approximate surface area is 97.1 Å². The van der Waals surface area contributed by atoms with Crippen molar-refractivity contribution in [3.8, 4) is 11.4 Å². The Morgan fingerprint density at radius 3 is 2.59 bits per heavy atom. The van der Waals surface area contributed by atoms with Crippen molar-refractivity contribution in [3.63, 3.8) is 0 Å². The van der Waals surface area contributed by atoms with Gasteiger partial charge in [-0.25, -0.2) is 4.68 Å². The van der Waals surface area contributed by atoms with E-state index in [0.29, 0.717) is 5.82 Å². The summed E-state index contributed by atoms with van der Waals surface area (Å²) >= 11 is 0. The molecule has 0 bridgehead atoms. The molecule has 0 spiro atoms. The molecule has 2 aromatic heterocycles. The second kappa shape index (κ2) is 3.51. The first-order valence-corrected chi connectivity index (χ1v) is 5.13. The van der Waals surface area contributed by atoms with Gasteiger partial charge >= 0.3 is 0 Å². The highest BCUT2D eigenvalue weighted by Crippen LogP contribution is 2.27. The summed E-state index contributed by atoms with van der Waals surface area (Å²) in [7, 11) is 1.81. The Morgan fingerprint density at radius 2 is 1.88 bits per heavy atom. The van der Waals surface area contributed by atoms with Crippen LogP contribution in [-0.2, 0) is 7.05 Å². The lowest BCUT2D eigenvalue weighted by Crippen LogP contribution is -2.00. The van der Waals surface area contributed by atoms with E-state index in [1.807, 2.05) is 31.3 Å². The van der Waals surface area contributed by atoms with Crippen LogP contribution in [0.1, 0.15) is 0 Å². The molecule has 0 unspecified atom stereocenters. The molecule has 0 fully saturated rings. The van der Waals surface area contributed by atoms with E-state index in [0.717, 1.165) is 22.2 Å². The van der Waals surface area contributed by atoms with Crippen molar-refractivity contribution >= 4 is 16.6 Å². The van der Waals surface area contributed by atoms with Crippen LogP contribution in [0.15, 0.2) is 30.5 Å². The Bertz CT molecular complexity index is 687. The molecule has 17 heavy (non-hydrogen) atoms. The van der Waals surface area contributed by atoms with Crippen molar-refractivity contribution in [3.05, 3.63) is 30.5 Å². The summed E-state index contributed by atoms with van der Waals surface area (Å²) in [4.78, 5) is 0. The number of hydrogen-bond acceptors (Lipinski definition) is 5. The lowest BCUT2D eigenvalue weighted by atomic mass is 10.1. The zero-order valence-electron chi connectivity index (χ0n) is 9.20. The van der Waals surface area contributed by atoms with Crippen LogP contribution in [0, 0.1) is 0 Å². The number of rotatable bonds is 1. The monoisotopic (exact) mass is 226 g/mol. The predicted molar refractivity (Wildman–Crippen MR) is 63.9 cm³/mol. The Morgan fingerprint density at radius 1 is 1.12 bits per heavy atom. The zero-order chi connectivity index (χ0) is 11.8. The lowest BCUT2D eigenvalue weighted by Gasteiger charge is -2.05. The second-order valence-electron chi connectivity index (χ2n) is 3.72. The van der Waals surface area contributed by atoms with Crippen LogP contribution in [0.5, 0.6) is 0 Å². The normalized spacial score (nSPS) is 10.9. The molecule has 6 nitrogen and oxygen atoms in total. The van der Waals surface area contributed by atoms with E-state index in [1.54, 1.807) is 10.9 Å². The molecule has 3 rings (SSSR count). The first-order valence-electron chi connectivity index (χ1n) is 5.13. The number of aryl methyl sites for hydroxylation is 1. The van der Waals surface area contributed by atoms with Gasteiger partial charge in [-0.15, -0.1) is 15.3 Å². The van der Waals surface area contributed by atoms with Gasteiger partial charge in [0.05, 0.1) is 6.20 Å². The predicted octanol–water partition coefficient (Wildman–Crippen LogP) is 1.01. The SMILES string of the molecule is Cn1nncc1-c1nnc(N)c2ccccc12. The van der Waals surface area contributed by atoms with Crippen molar-refractivity contribution in [2.45, 2.75) is 0 Å². The van der Waals surface area contributed by atoms with E-state index in [4.69, 9.17) is 5.73 Å². The molecule has 0 radical (unpaired) electrons. The number of nitrogen functional groups attached to an aromatic ring is 1. The Balaban J connectivity index is 2.39. The fourth-order valence-electron chi connectivity index (χ4n) is 1.82. The number of hydrogen-bond donors (Lipinski definition) is 1. The van der Waals surface area contributed by atoms with E-state index in [9.17, 15) is 0 Å². The molecule has 0 saturated carbocycles. The average molecular weight is 226 g/mol. The summed E-state index contributed by atoms with van der Waals surface area (Å²) in [5.74, 6) is 0.430. The summed E-state index contributed by atoms with van der Waals surface area (Å²) in [5, 5.41) is 17.7. The minimum atomic E-state index is 0.430. The standard InChI is InChI=1S/C11H10N6/c1-17-9(6-13-16-17)10-7-4-2-3-5-8(7)11(12)15-14-10/h2-6H,1H3,(H2,12,15). The third-order valence-corrected chi connectivity index (χ3v) is 2.67. The molecule has 6 heteroatoms. The minimum Gasteiger partial charge on any atom is -0.382 e. The first kappa shape index (κ1) is 9.71. The summed E-state index contributed by atoms with van der Waals surface area (Å²) in [6.07, 6.45) is 1.66.